The van der Waals surface area contributed by atoms with E-state index < -0.39 is 28.7 Å². The van der Waals surface area contributed by atoms with E-state index in [9.17, 15) is 25.5 Å². The summed E-state index contributed by atoms with van der Waals surface area (Å²) in [5.41, 5.74) is 5.86. The largest absolute Gasteiger partial charge is 0.504 e. The van der Waals surface area contributed by atoms with Crippen LogP contribution < -0.4 is 0 Å². The van der Waals surface area contributed by atoms with Gasteiger partial charge in [0.1, 0.15) is 11.2 Å². The molecular formula is C38H24O6. The maximum atomic E-state index is 11.0. The molecule has 0 aliphatic rings. The third-order valence-corrected chi connectivity index (χ3v) is 8.42. The van der Waals surface area contributed by atoms with Crippen LogP contribution in [0.15, 0.2) is 120 Å². The topological polar surface area (TPSA) is 114 Å². The van der Waals surface area contributed by atoms with Crippen molar-refractivity contribution in [3.05, 3.63) is 115 Å². The van der Waals surface area contributed by atoms with E-state index in [2.05, 4.69) is 30.3 Å². The molecule has 0 fully saturated rings. The highest BCUT2D eigenvalue weighted by Crippen LogP contribution is 2.57. The van der Waals surface area contributed by atoms with E-state index in [1.807, 2.05) is 84.9 Å². The van der Waals surface area contributed by atoms with E-state index in [1.165, 1.54) is 0 Å². The van der Waals surface area contributed by atoms with Crippen LogP contribution in [0.3, 0.4) is 0 Å². The van der Waals surface area contributed by atoms with E-state index in [4.69, 9.17) is 4.42 Å². The van der Waals surface area contributed by atoms with Gasteiger partial charge in [0.2, 0.25) is 17.2 Å². The van der Waals surface area contributed by atoms with Gasteiger partial charge in [-0.25, -0.2) is 0 Å². The van der Waals surface area contributed by atoms with Gasteiger partial charge in [-0.1, -0.05) is 91.0 Å². The number of furan rings is 1. The van der Waals surface area contributed by atoms with Gasteiger partial charge in [-0.05, 0) is 68.1 Å². The maximum Gasteiger partial charge on any atom is 0.208 e. The highest BCUT2D eigenvalue weighted by molar-refractivity contribution is 6.23. The summed E-state index contributed by atoms with van der Waals surface area (Å²) in [7, 11) is 0. The van der Waals surface area contributed by atoms with Crippen molar-refractivity contribution in [2.75, 3.05) is 0 Å². The lowest BCUT2D eigenvalue weighted by atomic mass is 9.85. The lowest BCUT2D eigenvalue weighted by Gasteiger charge is -2.20. The predicted octanol–water partition coefficient (Wildman–Crippen LogP) is 9.42. The van der Waals surface area contributed by atoms with Crippen molar-refractivity contribution in [3.63, 3.8) is 0 Å². The molecule has 6 nitrogen and oxygen atoms in total. The molecule has 0 aliphatic heterocycles. The average Bonchev–Trinajstić information content (AvgIpc) is 3.44. The fraction of sp³-hybridized carbons (Fsp3) is 0. The molecule has 0 amide bonds. The SMILES string of the molecule is Oc1c(O)c(O)c(-c2c3ccccc3c(-c3ccc4oc5ccc(-c6ccccc6)cc5c4c3)c3ccccc23)c(O)c1O. The summed E-state index contributed by atoms with van der Waals surface area (Å²) >= 11 is 0. The molecule has 44 heavy (non-hydrogen) atoms. The van der Waals surface area contributed by atoms with Gasteiger partial charge in [-0.15, -0.1) is 0 Å². The Morgan fingerprint density at radius 2 is 0.750 bits per heavy atom. The lowest BCUT2D eigenvalue weighted by Crippen LogP contribution is -1.92. The summed E-state index contributed by atoms with van der Waals surface area (Å²) in [4.78, 5) is 0. The van der Waals surface area contributed by atoms with Crippen molar-refractivity contribution in [1.82, 2.24) is 0 Å². The summed E-state index contributed by atoms with van der Waals surface area (Å²) in [5, 5.41) is 57.7. The first-order valence-corrected chi connectivity index (χ1v) is 14.1. The normalized spacial score (nSPS) is 11.6. The van der Waals surface area contributed by atoms with Gasteiger partial charge in [-0.3, -0.25) is 0 Å². The summed E-state index contributed by atoms with van der Waals surface area (Å²) in [6, 6.07) is 37.7. The Bertz CT molecular complexity index is 2350. The molecule has 0 saturated heterocycles. The Kier molecular flexibility index (Phi) is 5.48. The van der Waals surface area contributed by atoms with Gasteiger partial charge in [0.25, 0.3) is 0 Å². The number of benzene rings is 7. The molecule has 0 aliphatic carbocycles. The molecule has 7 aromatic carbocycles. The molecular weight excluding hydrogens is 552 g/mol. The van der Waals surface area contributed by atoms with E-state index in [1.54, 1.807) is 0 Å². The number of aromatic hydroxyl groups is 5. The van der Waals surface area contributed by atoms with Crippen LogP contribution in [0.5, 0.6) is 28.7 Å². The van der Waals surface area contributed by atoms with Crippen LogP contribution in [-0.4, -0.2) is 25.5 Å². The van der Waals surface area contributed by atoms with Crippen LogP contribution in [0.25, 0.3) is 76.9 Å². The number of hydrogen-bond donors (Lipinski definition) is 5. The molecule has 0 atom stereocenters. The van der Waals surface area contributed by atoms with Crippen LogP contribution in [0, 0.1) is 0 Å². The quantitative estimate of drug-likeness (QED) is 0.0813. The summed E-state index contributed by atoms with van der Waals surface area (Å²) < 4.78 is 6.22. The zero-order valence-electron chi connectivity index (χ0n) is 23.1. The second-order valence-electron chi connectivity index (χ2n) is 10.8. The second kappa shape index (κ2) is 9.44. The molecule has 212 valence electrons. The minimum absolute atomic E-state index is 0.179. The van der Waals surface area contributed by atoms with Crippen LogP contribution in [-0.2, 0) is 0 Å². The summed E-state index contributed by atoms with van der Waals surface area (Å²) in [6.45, 7) is 0. The Morgan fingerprint density at radius 1 is 0.318 bits per heavy atom. The van der Waals surface area contributed by atoms with E-state index >= 15 is 0 Å². The molecule has 0 saturated carbocycles. The van der Waals surface area contributed by atoms with Gasteiger partial charge in [0.15, 0.2) is 11.5 Å². The van der Waals surface area contributed by atoms with Gasteiger partial charge in [-0.2, -0.15) is 0 Å². The Morgan fingerprint density at radius 3 is 1.30 bits per heavy atom. The van der Waals surface area contributed by atoms with Crippen LogP contribution in [0.1, 0.15) is 0 Å². The molecule has 0 bridgehead atoms. The molecule has 1 aromatic heterocycles. The van der Waals surface area contributed by atoms with Crippen LogP contribution >= 0.6 is 0 Å². The minimum Gasteiger partial charge on any atom is -0.504 e. The van der Waals surface area contributed by atoms with Gasteiger partial charge < -0.3 is 29.9 Å². The Labute approximate surface area is 250 Å². The van der Waals surface area contributed by atoms with Gasteiger partial charge in [0.05, 0.1) is 5.56 Å². The van der Waals surface area contributed by atoms with Crippen molar-refractivity contribution >= 4 is 43.5 Å². The molecule has 0 spiro atoms. The van der Waals surface area contributed by atoms with E-state index in [0.717, 1.165) is 55.0 Å². The summed E-state index contributed by atoms with van der Waals surface area (Å²) in [5.74, 6) is -4.30. The number of hydrogen-bond acceptors (Lipinski definition) is 6. The molecule has 6 heteroatoms. The van der Waals surface area contributed by atoms with E-state index in [0.29, 0.717) is 16.3 Å². The van der Waals surface area contributed by atoms with Crippen molar-refractivity contribution in [3.8, 4) is 62.1 Å². The minimum atomic E-state index is -0.995. The highest BCUT2D eigenvalue weighted by Gasteiger charge is 2.28. The first-order chi connectivity index (χ1) is 21.4. The van der Waals surface area contributed by atoms with Crippen molar-refractivity contribution in [1.29, 1.82) is 0 Å². The zero-order chi connectivity index (χ0) is 30.1. The smallest absolute Gasteiger partial charge is 0.208 e. The molecule has 8 aromatic rings. The maximum absolute atomic E-state index is 11.0. The number of phenols is 5. The van der Waals surface area contributed by atoms with Gasteiger partial charge in [0, 0.05) is 16.3 Å². The molecule has 0 unspecified atom stereocenters. The average molecular weight is 577 g/mol. The van der Waals surface area contributed by atoms with Crippen LogP contribution in [0.2, 0.25) is 0 Å². The zero-order valence-corrected chi connectivity index (χ0v) is 23.1. The van der Waals surface area contributed by atoms with Crippen LogP contribution in [0.4, 0.5) is 0 Å². The van der Waals surface area contributed by atoms with Crippen molar-refractivity contribution < 1.29 is 29.9 Å². The highest BCUT2D eigenvalue weighted by atomic mass is 16.4. The second-order valence-corrected chi connectivity index (χ2v) is 10.8. The lowest BCUT2D eigenvalue weighted by molar-refractivity contribution is 0.330. The predicted molar refractivity (Wildman–Crippen MR) is 173 cm³/mol. The van der Waals surface area contributed by atoms with E-state index in [-0.39, 0.29) is 5.56 Å². The molecule has 1 heterocycles. The fourth-order valence-electron chi connectivity index (χ4n) is 6.37. The Balaban J connectivity index is 1.45. The third-order valence-electron chi connectivity index (χ3n) is 8.42. The molecule has 0 radical (unpaired) electrons. The first kappa shape index (κ1) is 25.6. The van der Waals surface area contributed by atoms with Crippen molar-refractivity contribution in [2.45, 2.75) is 0 Å². The number of fused-ring (bicyclic) bond motifs is 5. The number of phenolic OH excluding ortho intramolecular Hbond substituents is 5. The van der Waals surface area contributed by atoms with Crippen molar-refractivity contribution in [2.24, 2.45) is 0 Å². The monoisotopic (exact) mass is 576 g/mol. The standard InChI is InChI=1S/C38H24O6/c39-34-33(35(40)37(42)38(43)36(34)41)32-25-12-6-4-10-23(25)31(24-11-5-7-13-26(24)32)22-15-17-30-28(19-22)27-18-21(14-16-29(27)44-30)20-8-2-1-3-9-20/h1-19,39-43H. The fourth-order valence-corrected chi connectivity index (χ4v) is 6.37. The summed E-state index contributed by atoms with van der Waals surface area (Å²) in [6.07, 6.45) is 0. The first-order valence-electron chi connectivity index (χ1n) is 14.1. The molecule has 5 N–H and O–H groups in total. The van der Waals surface area contributed by atoms with Gasteiger partial charge >= 0.3 is 0 Å². The number of rotatable bonds is 3. The molecule has 8 rings (SSSR count). The Hall–Kier alpha value is -6.14. The third kappa shape index (κ3) is 3.61.